The quantitative estimate of drug-likeness (QED) is 0.863. The van der Waals surface area contributed by atoms with Gasteiger partial charge in [-0.2, -0.15) is 5.26 Å². The van der Waals surface area contributed by atoms with Gasteiger partial charge in [0, 0.05) is 10.7 Å². The molecule has 1 aromatic heterocycles. The van der Waals surface area contributed by atoms with E-state index in [0.29, 0.717) is 11.1 Å². The van der Waals surface area contributed by atoms with E-state index in [1.807, 2.05) is 6.07 Å². The Bertz CT molecular complexity index is 734. The lowest BCUT2D eigenvalue weighted by Crippen LogP contribution is -2.07. The highest BCUT2D eigenvalue weighted by molar-refractivity contribution is 9.10. The van der Waals surface area contributed by atoms with E-state index >= 15 is 0 Å². The largest absolute Gasteiger partial charge is 0.244 e. The number of aromatic nitrogens is 1. The number of halogens is 1. The fourth-order valence-corrected chi connectivity index (χ4v) is 3.06. The fourth-order valence-electron chi connectivity index (χ4n) is 1.57. The molecule has 19 heavy (non-hydrogen) atoms. The first kappa shape index (κ1) is 13.7. The van der Waals surface area contributed by atoms with Crippen LogP contribution in [0, 0.1) is 11.3 Å². The van der Waals surface area contributed by atoms with Crippen molar-refractivity contribution in [2.45, 2.75) is 10.8 Å². The van der Waals surface area contributed by atoms with Gasteiger partial charge < -0.3 is 0 Å². The standard InChI is InChI=1S/C13H9BrN2O2S/c14-12-4-5-13(16-8-12)19(17,18)9-11-3-1-2-10(6-11)7-15/h1-6,8H,9H2. The molecule has 0 fully saturated rings. The lowest BCUT2D eigenvalue weighted by atomic mass is 10.2. The fraction of sp³-hybridized carbons (Fsp3) is 0.0769. The van der Waals surface area contributed by atoms with Gasteiger partial charge in [0.05, 0.1) is 17.4 Å². The molecule has 2 aromatic rings. The third kappa shape index (κ3) is 3.40. The first-order chi connectivity index (χ1) is 9.01. The Morgan fingerprint density at radius 3 is 2.68 bits per heavy atom. The van der Waals surface area contributed by atoms with Gasteiger partial charge in [-0.3, -0.25) is 0 Å². The lowest BCUT2D eigenvalue weighted by molar-refractivity contribution is 0.591. The van der Waals surface area contributed by atoms with Gasteiger partial charge in [0.1, 0.15) is 0 Å². The summed E-state index contributed by atoms with van der Waals surface area (Å²) in [5, 5.41) is 8.82. The first-order valence-corrected chi connectivity index (χ1v) is 7.79. The van der Waals surface area contributed by atoms with Crippen LogP contribution >= 0.6 is 15.9 Å². The van der Waals surface area contributed by atoms with E-state index in [9.17, 15) is 8.42 Å². The highest BCUT2D eigenvalue weighted by atomic mass is 79.9. The number of rotatable bonds is 3. The Morgan fingerprint density at radius 2 is 2.05 bits per heavy atom. The van der Waals surface area contributed by atoms with Crippen molar-refractivity contribution < 1.29 is 8.42 Å². The van der Waals surface area contributed by atoms with Gasteiger partial charge in [-0.05, 0) is 45.8 Å². The third-order valence-corrected chi connectivity index (χ3v) is 4.49. The highest BCUT2D eigenvalue weighted by Gasteiger charge is 2.16. The number of nitriles is 1. The molecule has 0 atom stereocenters. The van der Waals surface area contributed by atoms with Gasteiger partial charge >= 0.3 is 0 Å². The smallest absolute Gasteiger partial charge is 0.199 e. The zero-order chi connectivity index (χ0) is 13.9. The highest BCUT2D eigenvalue weighted by Crippen LogP contribution is 2.17. The molecule has 0 unspecified atom stereocenters. The number of benzene rings is 1. The van der Waals surface area contributed by atoms with E-state index in [4.69, 9.17) is 5.26 Å². The van der Waals surface area contributed by atoms with Crippen LogP contribution in [0.4, 0.5) is 0 Å². The zero-order valence-corrected chi connectivity index (χ0v) is 12.1. The van der Waals surface area contributed by atoms with Crippen LogP contribution in [0.15, 0.2) is 52.1 Å². The van der Waals surface area contributed by atoms with Crippen LogP contribution in [0.2, 0.25) is 0 Å². The number of nitrogens with zero attached hydrogens (tertiary/aromatic N) is 2. The molecule has 0 saturated carbocycles. The summed E-state index contributed by atoms with van der Waals surface area (Å²) in [6, 6.07) is 11.6. The maximum absolute atomic E-state index is 12.2. The van der Waals surface area contributed by atoms with Gasteiger partial charge in [0.25, 0.3) is 0 Å². The van der Waals surface area contributed by atoms with E-state index in [0.717, 1.165) is 4.47 Å². The molecular formula is C13H9BrN2O2S. The van der Waals surface area contributed by atoms with Crippen molar-refractivity contribution in [3.63, 3.8) is 0 Å². The molecular weight excluding hydrogens is 328 g/mol. The number of hydrogen-bond acceptors (Lipinski definition) is 4. The molecule has 1 heterocycles. The second-order valence-electron chi connectivity index (χ2n) is 3.89. The Kier molecular flexibility index (Phi) is 3.98. The molecule has 0 aliphatic rings. The van der Waals surface area contributed by atoms with Crippen LogP contribution < -0.4 is 0 Å². The minimum atomic E-state index is -3.50. The molecule has 2 rings (SSSR count). The minimum Gasteiger partial charge on any atom is -0.244 e. The number of hydrogen-bond donors (Lipinski definition) is 0. The average molecular weight is 337 g/mol. The maximum atomic E-state index is 12.2. The monoisotopic (exact) mass is 336 g/mol. The van der Waals surface area contributed by atoms with Crippen LogP contribution in [0.1, 0.15) is 11.1 Å². The maximum Gasteiger partial charge on any atom is 0.199 e. The van der Waals surface area contributed by atoms with E-state index in [1.165, 1.54) is 12.3 Å². The third-order valence-electron chi connectivity index (χ3n) is 2.43. The van der Waals surface area contributed by atoms with Gasteiger partial charge in [-0.15, -0.1) is 0 Å². The summed E-state index contributed by atoms with van der Waals surface area (Å²) in [6.07, 6.45) is 1.44. The summed E-state index contributed by atoms with van der Waals surface area (Å²) < 4.78 is 25.0. The summed E-state index contributed by atoms with van der Waals surface area (Å²) in [5.41, 5.74) is 1.01. The van der Waals surface area contributed by atoms with E-state index in [2.05, 4.69) is 20.9 Å². The summed E-state index contributed by atoms with van der Waals surface area (Å²) in [7, 11) is -3.50. The number of pyridine rings is 1. The molecule has 6 heteroatoms. The molecule has 0 aliphatic carbocycles. The first-order valence-electron chi connectivity index (χ1n) is 5.34. The second-order valence-corrected chi connectivity index (χ2v) is 6.74. The van der Waals surface area contributed by atoms with Crippen molar-refractivity contribution in [2.24, 2.45) is 0 Å². The lowest BCUT2D eigenvalue weighted by Gasteiger charge is -2.04. The molecule has 0 amide bonds. The molecule has 0 saturated heterocycles. The molecule has 0 N–H and O–H groups in total. The summed E-state index contributed by atoms with van der Waals surface area (Å²) >= 11 is 3.20. The van der Waals surface area contributed by atoms with E-state index < -0.39 is 9.84 Å². The topological polar surface area (TPSA) is 70.8 Å². The van der Waals surface area contributed by atoms with Crippen molar-refractivity contribution in [3.8, 4) is 6.07 Å². The molecule has 1 aromatic carbocycles. The van der Waals surface area contributed by atoms with Crippen molar-refractivity contribution in [3.05, 3.63) is 58.2 Å². The molecule has 96 valence electrons. The van der Waals surface area contributed by atoms with Gasteiger partial charge in [-0.1, -0.05) is 12.1 Å². The van der Waals surface area contributed by atoms with Crippen molar-refractivity contribution in [1.82, 2.24) is 4.98 Å². The van der Waals surface area contributed by atoms with Crippen LogP contribution in [-0.2, 0) is 15.6 Å². The van der Waals surface area contributed by atoms with Crippen LogP contribution in [-0.4, -0.2) is 13.4 Å². The van der Waals surface area contributed by atoms with Crippen LogP contribution in [0.25, 0.3) is 0 Å². The van der Waals surface area contributed by atoms with E-state index in [-0.39, 0.29) is 10.8 Å². The average Bonchev–Trinajstić information content (AvgIpc) is 2.39. The zero-order valence-electron chi connectivity index (χ0n) is 9.75. The predicted octanol–water partition coefficient (Wildman–Crippen LogP) is 2.69. The number of sulfone groups is 1. The van der Waals surface area contributed by atoms with Gasteiger partial charge in [-0.25, -0.2) is 13.4 Å². The SMILES string of the molecule is N#Cc1cccc(CS(=O)(=O)c2ccc(Br)cn2)c1. The molecule has 0 radical (unpaired) electrons. The Labute approximate surface area is 119 Å². The Hall–Kier alpha value is -1.71. The van der Waals surface area contributed by atoms with Crippen LogP contribution in [0.3, 0.4) is 0 Å². The molecule has 0 aliphatic heterocycles. The summed E-state index contributed by atoms with van der Waals surface area (Å²) in [5.74, 6) is -0.169. The Morgan fingerprint density at radius 1 is 1.26 bits per heavy atom. The van der Waals surface area contributed by atoms with Crippen LogP contribution in [0.5, 0.6) is 0 Å². The minimum absolute atomic E-state index is 0.0260. The summed E-state index contributed by atoms with van der Waals surface area (Å²) in [6.45, 7) is 0. The molecule has 0 spiro atoms. The second kappa shape index (κ2) is 5.51. The molecule has 4 nitrogen and oxygen atoms in total. The Balaban J connectivity index is 2.31. The van der Waals surface area contributed by atoms with Crippen molar-refractivity contribution >= 4 is 25.8 Å². The van der Waals surface area contributed by atoms with Crippen molar-refractivity contribution in [1.29, 1.82) is 5.26 Å². The molecule has 0 bridgehead atoms. The van der Waals surface area contributed by atoms with Gasteiger partial charge in [0.15, 0.2) is 14.9 Å². The normalized spacial score (nSPS) is 10.9. The summed E-state index contributed by atoms with van der Waals surface area (Å²) in [4.78, 5) is 3.89. The van der Waals surface area contributed by atoms with E-state index in [1.54, 1.807) is 30.3 Å². The predicted molar refractivity (Wildman–Crippen MR) is 74.0 cm³/mol. The van der Waals surface area contributed by atoms with Gasteiger partial charge in [0.2, 0.25) is 0 Å². The van der Waals surface area contributed by atoms with Crippen molar-refractivity contribution in [2.75, 3.05) is 0 Å².